The van der Waals surface area contributed by atoms with Crippen LogP contribution in [-0.4, -0.2) is 52.9 Å². The molecule has 1 atom stereocenters. The number of carbonyl (C=O) groups is 2. The molecule has 0 aromatic carbocycles. The monoisotopic (exact) mass is 429 g/mol. The van der Waals surface area contributed by atoms with Crippen molar-refractivity contribution in [2.24, 2.45) is 11.3 Å². The highest BCUT2D eigenvalue weighted by atomic mass is 16.2. The van der Waals surface area contributed by atoms with Gasteiger partial charge in [0.15, 0.2) is 5.69 Å². The maximum Gasteiger partial charge on any atom is 0.272 e. The van der Waals surface area contributed by atoms with Crippen LogP contribution in [0.2, 0.25) is 0 Å². The summed E-state index contributed by atoms with van der Waals surface area (Å²) < 4.78 is 2.19. The molecule has 1 aromatic rings. The summed E-state index contributed by atoms with van der Waals surface area (Å²) in [5.41, 5.74) is 0.961. The molecule has 2 heterocycles. The van der Waals surface area contributed by atoms with Crippen LogP contribution in [0, 0.1) is 11.3 Å². The fourth-order valence-corrected chi connectivity index (χ4v) is 4.69. The van der Waals surface area contributed by atoms with E-state index in [0.29, 0.717) is 12.2 Å². The predicted molar refractivity (Wildman–Crippen MR) is 124 cm³/mol. The minimum Gasteiger partial charge on any atom is -0.357 e. The van der Waals surface area contributed by atoms with Gasteiger partial charge in [-0.15, -0.1) is 0 Å². The second-order valence-corrected chi connectivity index (χ2v) is 10.2. The third-order valence-corrected chi connectivity index (χ3v) is 6.52. The Hall–Kier alpha value is -2.15. The number of nitrogens with zero attached hydrogens (tertiary/aromatic N) is 3. The second-order valence-electron chi connectivity index (χ2n) is 10.2. The summed E-state index contributed by atoms with van der Waals surface area (Å²) >= 11 is 0. The van der Waals surface area contributed by atoms with Crippen LogP contribution in [-0.2, 0) is 17.9 Å². The molecule has 1 fully saturated rings. The lowest BCUT2D eigenvalue weighted by atomic mass is 9.86. The van der Waals surface area contributed by atoms with Crippen molar-refractivity contribution in [3.05, 3.63) is 23.3 Å². The molecule has 2 amide bonds. The van der Waals surface area contributed by atoms with Crippen LogP contribution in [0.5, 0.6) is 0 Å². The third-order valence-electron chi connectivity index (χ3n) is 6.52. The molecule has 1 aliphatic heterocycles. The van der Waals surface area contributed by atoms with Crippen molar-refractivity contribution in [1.29, 1.82) is 0 Å². The zero-order chi connectivity index (χ0) is 22.6. The first-order chi connectivity index (χ1) is 14.7. The van der Waals surface area contributed by atoms with Crippen molar-refractivity contribution < 1.29 is 9.59 Å². The molecule has 1 saturated carbocycles. The number of nitrogens with one attached hydrogen (secondary N) is 2. The average Bonchev–Trinajstić information content (AvgIpc) is 3.29. The van der Waals surface area contributed by atoms with E-state index in [1.54, 1.807) is 7.05 Å². The minimum absolute atomic E-state index is 0.194. The maximum absolute atomic E-state index is 13.3. The van der Waals surface area contributed by atoms with Crippen LogP contribution in [0.3, 0.4) is 0 Å². The molecule has 0 spiro atoms. The summed E-state index contributed by atoms with van der Waals surface area (Å²) in [6, 6.07) is -0.632. The highest BCUT2D eigenvalue weighted by Crippen LogP contribution is 2.28. The number of rotatable bonds is 6. The van der Waals surface area contributed by atoms with Gasteiger partial charge in [0.05, 0.1) is 5.69 Å². The second kappa shape index (κ2) is 9.98. The van der Waals surface area contributed by atoms with Crippen LogP contribution in [0.4, 0.5) is 0 Å². The van der Waals surface area contributed by atoms with Crippen molar-refractivity contribution in [3.63, 3.8) is 0 Å². The van der Waals surface area contributed by atoms with E-state index < -0.39 is 11.5 Å². The number of allylic oxidation sites excluding steroid dienone is 1. The molecule has 1 aliphatic carbocycles. The van der Waals surface area contributed by atoms with E-state index in [1.165, 1.54) is 25.7 Å². The van der Waals surface area contributed by atoms with E-state index in [2.05, 4.69) is 39.3 Å². The predicted octanol–water partition coefficient (Wildman–Crippen LogP) is 3.20. The summed E-state index contributed by atoms with van der Waals surface area (Å²) in [6.07, 6.45) is 11.7. The van der Waals surface area contributed by atoms with Crippen LogP contribution < -0.4 is 10.6 Å². The molecule has 0 unspecified atom stereocenters. The van der Waals surface area contributed by atoms with E-state index >= 15 is 0 Å². The van der Waals surface area contributed by atoms with E-state index in [4.69, 9.17) is 4.98 Å². The third kappa shape index (κ3) is 5.76. The van der Waals surface area contributed by atoms with Crippen molar-refractivity contribution in [2.75, 3.05) is 20.6 Å². The molecule has 0 radical (unpaired) electrons. The molecule has 2 aliphatic rings. The van der Waals surface area contributed by atoms with E-state index in [1.807, 2.05) is 20.8 Å². The Balaban J connectivity index is 1.87. The van der Waals surface area contributed by atoms with E-state index in [0.717, 1.165) is 43.4 Å². The zero-order valence-electron chi connectivity index (χ0n) is 19.8. The van der Waals surface area contributed by atoms with Crippen molar-refractivity contribution in [3.8, 4) is 0 Å². The summed E-state index contributed by atoms with van der Waals surface area (Å²) in [4.78, 5) is 32.7. The fraction of sp³-hybridized carbons (Fsp3) is 0.708. The summed E-state index contributed by atoms with van der Waals surface area (Å²) in [7, 11) is 3.67. The summed E-state index contributed by atoms with van der Waals surface area (Å²) in [6.45, 7) is 8.36. The van der Waals surface area contributed by atoms with Crippen LogP contribution in [0.1, 0.15) is 81.3 Å². The van der Waals surface area contributed by atoms with Gasteiger partial charge >= 0.3 is 0 Å². The van der Waals surface area contributed by atoms with Crippen LogP contribution in [0.25, 0.3) is 6.08 Å². The van der Waals surface area contributed by atoms with Gasteiger partial charge in [0.25, 0.3) is 5.91 Å². The lowest BCUT2D eigenvalue weighted by molar-refractivity contribution is -0.124. The van der Waals surface area contributed by atoms with Gasteiger partial charge in [0.1, 0.15) is 11.9 Å². The molecular formula is C24H39N5O2. The van der Waals surface area contributed by atoms with Crippen molar-refractivity contribution in [2.45, 2.75) is 78.4 Å². The first-order valence-corrected chi connectivity index (χ1v) is 11.7. The van der Waals surface area contributed by atoms with Crippen LogP contribution in [0.15, 0.2) is 6.08 Å². The molecule has 7 nitrogen and oxygen atoms in total. The molecule has 2 N–H and O–H groups in total. The molecular weight excluding hydrogens is 390 g/mol. The Morgan fingerprint density at radius 3 is 2.55 bits per heavy atom. The topological polar surface area (TPSA) is 79.3 Å². The number of carbonyl (C=O) groups excluding carboxylic acids is 2. The van der Waals surface area contributed by atoms with Gasteiger partial charge in [-0.3, -0.25) is 9.59 Å². The number of likely N-dealkylation sites (N-methyl/N-ethyl adjacent to an activating group) is 1. The van der Waals surface area contributed by atoms with Gasteiger partial charge in [-0.2, -0.15) is 0 Å². The summed E-state index contributed by atoms with van der Waals surface area (Å²) in [5, 5.41) is 5.62. The van der Waals surface area contributed by atoms with E-state index in [-0.39, 0.29) is 11.8 Å². The largest absolute Gasteiger partial charge is 0.357 e. The standard InChI is InChI=1S/C24H39N5O2/c1-24(2,3)21(23(31)25-4)27-22(30)20-18-16-28(5)14-9-15-29(18)19(26-20)13-8-12-17-10-6-7-11-17/h8,13,17,21H,6-7,9-12,14-16H2,1-5H3,(H,25,31)(H,27,30)/t21-/m1/s1. The Kier molecular flexibility index (Phi) is 7.57. The zero-order valence-corrected chi connectivity index (χ0v) is 19.8. The Morgan fingerprint density at radius 2 is 1.90 bits per heavy atom. The molecule has 7 heteroatoms. The summed E-state index contributed by atoms with van der Waals surface area (Å²) in [5.74, 6) is 1.16. The quantitative estimate of drug-likeness (QED) is 0.728. The maximum atomic E-state index is 13.3. The van der Waals surface area contributed by atoms with Gasteiger partial charge in [-0.1, -0.05) is 52.5 Å². The Bertz CT molecular complexity index is 815. The minimum atomic E-state index is -0.632. The van der Waals surface area contributed by atoms with Crippen molar-refractivity contribution in [1.82, 2.24) is 25.1 Å². The van der Waals surface area contributed by atoms with E-state index in [9.17, 15) is 9.59 Å². The number of imidazole rings is 1. The molecule has 3 rings (SSSR count). The van der Waals surface area contributed by atoms with Crippen molar-refractivity contribution >= 4 is 17.9 Å². The van der Waals surface area contributed by atoms with Gasteiger partial charge in [-0.05, 0) is 43.8 Å². The normalized spacial score (nSPS) is 19.3. The average molecular weight is 430 g/mol. The number of amides is 2. The number of hydrogen-bond donors (Lipinski definition) is 2. The molecule has 1 aromatic heterocycles. The van der Waals surface area contributed by atoms with Crippen LogP contribution >= 0.6 is 0 Å². The smallest absolute Gasteiger partial charge is 0.272 e. The Morgan fingerprint density at radius 1 is 1.19 bits per heavy atom. The Labute approximate surface area is 186 Å². The molecule has 0 bridgehead atoms. The number of hydrogen-bond acceptors (Lipinski definition) is 4. The van der Waals surface area contributed by atoms with Gasteiger partial charge in [0, 0.05) is 20.1 Å². The highest BCUT2D eigenvalue weighted by molar-refractivity contribution is 5.97. The van der Waals surface area contributed by atoms with Gasteiger partial charge in [-0.25, -0.2) is 4.98 Å². The lowest BCUT2D eigenvalue weighted by Gasteiger charge is -2.29. The highest BCUT2D eigenvalue weighted by Gasteiger charge is 2.34. The fourth-order valence-electron chi connectivity index (χ4n) is 4.69. The first-order valence-electron chi connectivity index (χ1n) is 11.7. The van der Waals surface area contributed by atoms with Gasteiger partial charge < -0.3 is 20.1 Å². The number of fused-ring (bicyclic) bond motifs is 1. The SMILES string of the molecule is CNC(=O)[C@@H](NC(=O)c1nc(C=CCC2CCCC2)n2c1CN(C)CCC2)C(C)(C)C. The molecule has 172 valence electrons. The number of aromatic nitrogens is 2. The van der Waals surface area contributed by atoms with Gasteiger partial charge in [0.2, 0.25) is 5.91 Å². The first kappa shape index (κ1) is 23.5. The lowest BCUT2D eigenvalue weighted by Crippen LogP contribution is -2.53. The molecule has 31 heavy (non-hydrogen) atoms. The molecule has 0 saturated heterocycles.